The number of rotatable bonds is 6. The first-order chi connectivity index (χ1) is 6.53. The maximum Gasteiger partial charge on any atom is 0.316 e. The number of hydrogen-bond acceptors (Lipinski definition) is 3. The number of quaternary nitrogens is 1. The summed E-state index contributed by atoms with van der Waals surface area (Å²) in [6.45, 7) is 5.48. The highest BCUT2D eigenvalue weighted by atomic mass is 32.2. The lowest BCUT2D eigenvalue weighted by molar-refractivity contribution is -0.878. The Morgan fingerprint density at radius 1 is 1.40 bits per heavy atom. The third-order valence-electron chi connectivity index (χ3n) is 1.93. The van der Waals surface area contributed by atoms with Crippen molar-refractivity contribution in [3.05, 3.63) is 12.2 Å². The van der Waals surface area contributed by atoms with Gasteiger partial charge in [-0.15, -0.1) is 0 Å². The molecule has 0 aromatic heterocycles. The molecule has 0 saturated heterocycles. The van der Waals surface area contributed by atoms with Crippen molar-refractivity contribution >= 4 is 15.9 Å². The van der Waals surface area contributed by atoms with Crippen molar-refractivity contribution in [2.75, 3.05) is 26.5 Å². The molecule has 0 saturated carbocycles. The van der Waals surface area contributed by atoms with E-state index >= 15 is 0 Å². The van der Waals surface area contributed by atoms with Gasteiger partial charge in [-0.25, -0.2) is 0 Å². The molecule has 15 heavy (non-hydrogen) atoms. The Hall–Kier alpha value is -0.720. The molecule has 5 nitrogen and oxygen atoms in total. The first kappa shape index (κ1) is 14.3. The molecule has 0 bridgehead atoms. The molecular formula is C9H18NO4S+. The zero-order chi connectivity index (χ0) is 12.3. The molecule has 0 rings (SSSR count). The van der Waals surface area contributed by atoms with Crippen LogP contribution in [-0.2, 0) is 14.9 Å². The van der Waals surface area contributed by atoms with Gasteiger partial charge < -0.3 is 4.48 Å². The van der Waals surface area contributed by atoms with Gasteiger partial charge in [-0.3, -0.25) is 9.35 Å². The van der Waals surface area contributed by atoms with Crippen molar-refractivity contribution < 1.29 is 22.2 Å². The van der Waals surface area contributed by atoms with Gasteiger partial charge in [0, 0.05) is 0 Å². The number of Topliss-reactive ketones (excluding diaryl/α,β-unsaturated/α-hetero) is 1. The lowest BCUT2D eigenvalue weighted by Crippen LogP contribution is -2.44. The van der Waals surface area contributed by atoms with Gasteiger partial charge in [0.15, 0.2) is 5.78 Å². The molecule has 0 spiro atoms. The SMILES string of the molecule is C=C(C)C(=O)CC[15N+]([13CH3])([13CH3])CS(=O)(=O)O. The van der Waals surface area contributed by atoms with Crippen LogP contribution >= 0.6 is 0 Å². The fourth-order valence-electron chi connectivity index (χ4n) is 1.12. The normalized spacial score (nSPS) is 12.5. The highest BCUT2D eigenvalue weighted by molar-refractivity contribution is 7.85. The molecule has 0 radical (unpaired) electrons. The summed E-state index contributed by atoms with van der Waals surface area (Å²) in [5.41, 5.74) is 0.460. The van der Waals surface area contributed by atoms with Crippen LogP contribution in [0.3, 0.4) is 0 Å². The van der Waals surface area contributed by atoms with Crippen LogP contribution in [-0.4, -0.2) is 49.8 Å². The number of carbonyl (C=O) groups is 1. The standard InChI is InChI=1S/C9H17NO4S/c1-8(2)9(11)5-6-10(3,4)7-15(12,13)14/h1,5-7H2,2-4H3/p+1/i3+1,4+1,10+1. The van der Waals surface area contributed by atoms with E-state index in [1.807, 2.05) is 0 Å². The van der Waals surface area contributed by atoms with Crippen LogP contribution in [0.15, 0.2) is 12.2 Å². The molecule has 0 aliphatic rings. The Morgan fingerprint density at radius 2 is 1.87 bits per heavy atom. The van der Waals surface area contributed by atoms with Crippen LogP contribution < -0.4 is 0 Å². The molecular weight excluding hydrogens is 221 g/mol. The quantitative estimate of drug-likeness (QED) is 0.240. The first-order valence-electron chi connectivity index (χ1n) is 4.49. The largest absolute Gasteiger partial charge is 0.316 e. The molecule has 0 atom stereocenters. The van der Waals surface area contributed by atoms with Gasteiger partial charge in [0.25, 0.3) is 0 Å². The van der Waals surface area contributed by atoms with Gasteiger partial charge in [0.05, 0.1) is 27.1 Å². The van der Waals surface area contributed by atoms with Crippen LogP contribution in [0.1, 0.15) is 13.3 Å². The summed E-state index contributed by atoms with van der Waals surface area (Å²) in [5, 5.41) is 0. The summed E-state index contributed by atoms with van der Waals surface area (Å²) in [5.74, 6) is -0.479. The minimum Gasteiger partial charge on any atom is -0.314 e. The van der Waals surface area contributed by atoms with E-state index in [9.17, 15) is 13.2 Å². The van der Waals surface area contributed by atoms with Crippen molar-refractivity contribution in [1.29, 1.82) is 0 Å². The van der Waals surface area contributed by atoms with Gasteiger partial charge >= 0.3 is 10.1 Å². The molecule has 88 valence electrons. The van der Waals surface area contributed by atoms with Crippen molar-refractivity contribution in [1.82, 2.24) is 0 Å². The monoisotopic (exact) mass is 239 g/mol. The molecule has 0 amide bonds. The van der Waals surface area contributed by atoms with Crippen LogP contribution in [0.25, 0.3) is 0 Å². The number of carbonyl (C=O) groups excluding carboxylic acids is 1. The predicted octanol–water partition coefficient (Wildman–Crippen LogP) is 0.443. The molecule has 0 heterocycles. The fourth-order valence-corrected chi connectivity index (χ4v) is 2.14. The van der Waals surface area contributed by atoms with Crippen LogP contribution in [0.5, 0.6) is 0 Å². The topological polar surface area (TPSA) is 71.4 Å². The van der Waals surface area contributed by atoms with E-state index in [4.69, 9.17) is 4.55 Å². The molecule has 0 aromatic carbocycles. The van der Waals surface area contributed by atoms with E-state index in [0.29, 0.717) is 12.1 Å². The van der Waals surface area contributed by atoms with Crippen LogP contribution in [0.2, 0.25) is 0 Å². The zero-order valence-corrected chi connectivity index (χ0v) is 10.2. The zero-order valence-electron chi connectivity index (χ0n) is 9.36. The van der Waals surface area contributed by atoms with E-state index < -0.39 is 16.0 Å². The lowest BCUT2D eigenvalue weighted by Gasteiger charge is -2.27. The number of ketones is 1. The Labute approximate surface area is 90.7 Å². The van der Waals surface area contributed by atoms with Gasteiger partial charge in [0.2, 0.25) is 5.88 Å². The molecule has 0 fully saturated rings. The summed E-state index contributed by atoms with van der Waals surface area (Å²) < 4.78 is 30.1. The summed E-state index contributed by atoms with van der Waals surface area (Å²) in [4.78, 5) is 11.2. The Kier molecular flexibility index (Phi) is 4.64. The third kappa shape index (κ3) is 7.24. The predicted molar refractivity (Wildman–Crippen MR) is 57.8 cm³/mol. The van der Waals surface area contributed by atoms with Gasteiger partial charge in [0.1, 0.15) is 0 Å². The summed E-state index contributed by atoms with van der Waals surface area (Å²) in [6.07, 6.45) is 0.234. The van der Waals surface area contributed by atoms with Crippen LogP contribution in [0.4, 0.5) is 0 Å². The fraction of sp³-hybridized carbons (Fsp3) is 0.667. The van der Waals surface area contributed by atoms with Crippen molar-refractivity contribution in [2.24, 2.45) is 0 Å². The Morgan fingerprint density at radius 3 is 2.20 bits per heavy atom. The molecule has 1 N–H and O–H groups in total. The van der Waals surface area contributed by atoms with Crippen LogP contribution in [0, 0.1) is 0 Å². The van der Waals surface area contributed by atoms with E-state index in [-0.39, 0.29) is 16.7 Å². The molecule has 6 heteroatoms. The second-order valence-corrected chi connectivity index (χ2v) is 5.75. The van der Waals surface area contributed by atoms with Crippen molar-refractivity contribution in [3.63, 3.8) is 0 Å². The summed E-state index contributed by atoms with van der Waals surface area (Å²) >= 11 is 0. The maximum atomic E-state index is 11.2. The van der Waals surface area contributed by atoms with Gasteiger partial charge in [-0.05, 0) is 12.5 Å². The van der Waals surface area contributed by atoms with Crippen molar-refractivity contribution in [2.45, 2.75) is 13.3 Å². The highest BCUT2D eigenvalue weighted by Crippen LogP contribution is 2.05. The number of hydrogen-bond donors (Lipinski definition) is 1. The second-order valence-electron chi connectivity index (χ2n) is 4.32. The van der Waals surface area contributed by atoms with E-state index in [1.54, 1.807) is 21.0 Å². The molecule has 0 unspecified atom stereocenters. The summed E-state index contributed by atoms with van der Waals surface area (Å²) in [7, 11) is -0.735. The smallest absolute Gasteiger partial charge is 0.314 e. The molecule has 0 aliphatic carbocycles. The molecule has 0 aromatic rings. The number of allylic oxidation sites excluding steroid dienone is 1. The summed E-state index contributed by atoms with van der Waals surface area (Å²) in [6, 6.07) is 0. The van der Waals surface area contributed by atoms with E-state index in [1.165, 1.54) is 0 Å². The van der Waals surface area contributed by atoms with E-state index in [2.05, 4.69) is 6.58 Å². The maximum absolute atomic E-state index is 11.2. The third-order valence-corrected chi connectivity index (χ3v) is 2.96. The second kappa shape index (κ2) is 4.87. The minimum atomic E-state index is -4.01. The Balaban J connectivity index is 4.28. The minimum absolute atomic E-state index is 0.0534. The van der Waals surface area contributed by atoms with Gasteiger partial charge in [-0.1, -0.05) is 6.58 Å². The van der Waals surface area contributed by atoms with Crippen molar-refractivity contribution in [3.8, 4) is 0 Å². The average Bonchev–Trinajstić information content (AvgIpc) is 1.95. The highest BCUT2D eigenvalue weighted by Gasteiger charge is 2.23. The Bertz CT molecular complexity index is 356. The average molecular weight is 239 g/mol. The first-order valence-corrected chi connectivity index (χ1v) is 6.10. The molecule has 0 aliphatic heterocycles. The lowest BCUT2D eigenvalue weighted by atomic mass is 10.2. The number of nitrogens with zero attached hydrogens (tertiary/aromatic N) is 1. The van der Waals surface area contributed by atoms with Gasteiger partial charge in [-0.2, -0.15) is 8.42 Å². The van der Waals surface area contributed by atoms with E-state index in [0.717, 1.165) is 0 Å².